The number of halogens is 1. The van der Waals surface area contributed by atoms with Gasteiger partial charge in [-0.1, -0.05) is 18.2 Å². The summed E-state index contributed by atoms with van der Waals surface area (Å²) in [5.74, 6) is 0.137. The standard InChI is InChI=1S/C21H22FN3O2/c22-17-5-3-14(4-6-17)20-11-16-10-18(26-21(16)27-20)7-9-25-19(12-23)15-2-1-8-24-13-15/h1-6,8,13,16,18-21,25H,7,9-11H2. The summed E-state index contributed by atoms with van der Waals surface area (Å²) < 4.78 is 25.2. The molecule has 2 aromatic rings. The van der Waals surface area contributed by atoms with E-state index in [4.69, 9.17) is 9.47 Å². The Morgan fingerprint density at radius 2 is 2.07 bits per heavy atom. The van der Waals surface area contributed by atoms with Crippen molar-refractivity contribution < 1.29 is 13.9 Å². The van der Waals surface area contributed by atoms with Gasteiger partial charge in [0.1, 0.15) is 11.9 Å². The Kier molecular flexibility index (Phi) is 5.44. The number of hydrogen-bond acceptors (Lipinski definition) is 5. The van der Waals surface area contributed by atoms with Crippen LogP contribution < -0.4 is 5.32 Å². The summed E-state index contributed by atoms with van der Waals surface area (Å²) in [6.07, 6.45) is 6.02. The molecule has 5 unspecified atom stereocenters. The van der Waals surface area contributed by atoms with Gasteiger partial charge in [-0.2, -0.15) is 5.26 Å². The summed E-state index contributed by atoms with van der Waals surface area (Å²) in [6.45, 7) is 0.693. The van der Waals surface area contributed by atoms with Crippen LogP contribution in [-0.4, -0.2) is 23.9 Å². The lowest BCUT2D eigenvalue weighted by Gasteiger charge is -2.18. The fraction of sp³-hybridized carbons (Fsp3) is 0.429. The molecule has 1 N–H and O–H groups in total. The molecule has 2 fully saturated rings. The Labute approximate surface area is 158 Å². The zero-order valence-electron chi connectivity index (χ0n) is 14.9. The monoisotopic (exact) mass is 367 g/mol. The van der Waals surface area contributed by atoms with Gasteiger partial charge in [0, 0.05) is 23.9 Å². The number of fused-ring (bicyclic) bond motifs is 1. The van der Waals surface area contributed by atoms with Crippen molar-refractivity contribution in [3.8, 4) is 6.07 Å². The second kappa shape index (κ2) is 8.13. The van der Waals surface area contributed by atoms with E-state index >= 15 is 0 Å². The number of ether oxygens (including phenoxy) is 2. The van der Waals surface area contributed by atoms with Crippen LogP contribution in [0.2, 0.25) is 0 Å². The molecule has 5 atom stereocenters. The minimum atomic E-state index is -0.362. The van der Waals surface area contributed by atoms with E-state index in [1.54, 1.807) is 24.5 Å². The van der Waals surface area contributed by atoms with E-state index < -0.39 is 0 Å². The summed E-state index contributed by atoms with van der Waals surface area (Å²) in [5.41, 5.74) is 1.87. The van der Waals surface area contributed by atoms with Crippen LogP contribution in [0.3, 0.4) is 0 Å². The number of pyridine rings is 1. The Balaban J connectivity index is 1.24. The molecule has 1 aromatic carbocycles. The Morgan fingerprint density at radius 1 is 1.22 bits per heavy atom. The number of aromatic nitrogens is 1. The third-order valence-corrected chi connectivity index (χ3v) is 5.30. The Hall–Kier alpha value is -2.33. The van der Waals surface area contributed by atoms with Crippen LogP contribution in [0.4, 0.5) is 4.39 Å². The van der Waals surface area contributed by atoms with Crippen molar-refractivity contribution in [2.24, 2.45) is 5.92 Å². The predicted octanol–water partition coefficient (Wildman–Crippen LogP) is 3.66. The average Bonchev–Trinajstić information content (AvgIpc) is 3.25. The first-order valence-corrected chi connectivity index (χ1v) is 9.32. The van der Waals surface area contributed by atoms with Gasteiger partial charge >= 0.3 is 0 Å². The van der Waals surface area contributed by atoms with E-state index in [-0.39, 0.29) is 30.4 Å². The molecule has 0 spiro atoms. The summed E-state index contributed by atoms with van der Waals surface area (Å²) >= 11 is 0. The highest BCUT2D eigenvalue weighted by Crippen LogP contribution is 2.44. The molecule has 2 aliphatic rings. The number of benzene rings is 1. The first-order chi connectivity index (χ1) is 13.2. The molecule has 1 aromatic heterocycles. The smallest absolute Gasteiger partial charge is 0.161 e. The van der Waals surface area contributed by atoms with Crippen LogP contribution in [0.5, 0.6) is 0 Å². The van der Waals surface area contributed by atoms with Gasteiger partial charge in [-0.05, 0) is 49.6 Å². The van der Waals surface area contributed by atoms with E-state index in [0.717, 1.165) is 30.4 Å². The van der Waals surface area contributed by atoms with Gasteiger partial charge in [0.05, 0.1) is 18.3 Å². The van der Waals surface area contributed by atoms with E-state index in [9.17, 15) is 9.65 Å². The van der Waals surface area contributed by atoms with Gasteiger partial charge < -0.3 is 9.47 Å². The highest BCUT2D eigenvalue weighted by atomic mass is 19.1. The normalized spacial score (nSPS) is 27.9. The van der Waals surface area contributed by atoms with Crippen LogP contribution in [0.25, 0.3) is 0 Å². The molecule has 0 amide bonds. The van der Waals surface area contributed by atoms with E-state index in [2.05, 4.69) is 16.4 Å². The second-order valence-corrected chi connectivity index (χ2v) is 7.13. The van der Waals surface area contributed by atoms with Gasteiger partial charge in [-0.3, -0.25) is 10.3 Å². The number of nitrogens with one attached hydrogen (secondary N) is 1. The predicted molar refractivity (Wildman–Crippen MR) is 96.8 cm³/mol. The van der Waals surface area contributed by atoms with Crippen LogP contribution in [0.15, 0.2) is 48.8 Å². The van der Waals surface area contributed by atoms with Crippen molar-refractivity contribution in [3.05, 3.63) is 65.7 Å². The minimum absolute atomic E-state index is 0.0202. The number of hydrogen-bond donors (Lipinski definition) is 1. The fourth-order valence-corrected chi connectivity index (χ4v) is 3.90. The average molecular weight is 367 g/mol. The number of rotatable bonds is 6. The molecule has 0 saturated carbocycles. The molecule has 5 nitrogen and oxygen atoms in total. The topological polar surface area (TPSA) is 67.2 Å². The summed E-state index contributed by atoms with van der Waals surface area (Å²) in [4.78, 5) is 4.06. The maximum atomic E-state index is 13.1. The fourth-order valence-electron chi connectivity index (χ4n) is 3.90. The molecule has 6 heteroatoms. The van der Waals surface area contributed by atoms with Crippen molar-refractivity contribution in [2.45, 2.75) is 43.8 Å². The zero-order valence-corrected chi connectivity index (χ0v) is 14.9. The van der Waals surface area contributed by atoms with Crippen molar-refractivity contribution in [1.29, 1.82) is 5.26 Å². The third kappa shape index (κ3) is 4.16. The molecule has 0 radical (unpaired) electrons. The highest BCUT2D eigenvalue weighted by Gasteiger charge is 2.44. The number of nitrogens with zero attached hydrogens (tertiary/aromatic N) is 2. The van der Waals surface area contributed by atoms with Crippen molar-refractivity contribution >= 4 is 0 Å². The second-order valence-electron chi connectivity index (χ2n) is 7.13. The molecule has 0 bridgehead atoms. The maximum Gasteiger partial charge on any atom is 0.161 e. The quantitative estimate of drug-likeness (QED) is 0.844. The molecule has 27 heavy (non-hydrogen) atoms. The summed E-state index contributed by atoms with van der Waals surface area (Å²) in [5, 5.41) is 12.6. The van der Waals surface area contributed by atoms with Crippen LogP contribution in [-0.2, 0) is 9.47 Å². The van der Waals surface area contributed by atoms with Gasteiger partial charge in [0.25, 0.3) is 0 Å². The van der Waals surface area contributed by atoms with Gasteiger partial charge in [-0.15, -0.1) is 0 Å². The van der Waals surface area contributed by atoms with Crippen LogP contribution in [0, 0.1) is 23.1 Å². The van der Waals surface area contributed by atoms with Crippen molar-refractivity contribution in [1.82, 2.24) is 10.3 Å². The molecule has 0 aliphatic carbocycles. The first kappa shape index (κ1) is 18.1. The van der Waals surface area contributed by atoms with Crippen LogP contribution in [0.1, 0.15) is 42.5 Å². The SMILES string of the molecule is N#CC(NCCC1CC2CC(c3ccc(F)cc3)OC2O1)c1cccnc1. The first-order valence-electron chi connectivity index (χ1n) is 9.32. The Morgan fingerprint density at radius 3 is 2.78 bits per heavy atom. The third-order valence-electron chi connectivity index (χ3n) is 5.30. The van der Waals surface area contributed by atoms with Crippen molar-refractivity contribution in [3.63, 3.8) is 0 Å². The minimum Gasteiger partial charge on any atom is -0.349 e. The summed E-state index contributed by atoms with van der Waals surface area (Å²) in [7, 11) is 0. The van der Waals surface area contributed by atoms with E-state index in [1.807, 2.05) is 12.1 Å². The molecule has 140 valence electrons. The molecule has 3 heterocycles. The van der Waals surface area contributed by atoms with Crippen LogP contribution >= 0.6 is 0 Å². The molecule has 4 rings (SSSR count). The molecular weight excluding hydrogens is 345 g/mol. The largest absolute Gasteiger partial charge is 0.349 e. The maximum absolute atomic E-state index is 13.1. The Bertz CT molecular complexity index is 779. The van der Waals surface area contributed by atoms with Crippen molar-refractivity contribution in [2.75, 3.05) is 6.54 Å². The molecular formula is C21H22FN3O2. The molecule has 2 saturated heterocycles. The summed E-state index contributed by atoms with van der Waals surface area (Å²) in [6, 6.07) is 12.1. The van der Waals surface area contributed by atoms with E-state index in [1.165, 1.54) is 12.1 Å². The highest BCUT2D eigenvalue weighted by molar-refractivity contribution is 5.21. The molecule has 2 aliphatic heterocycles. The van der Waals surface area contributed by atoms with Gasteiger partial charge in [-0.25, -0.2) is 4.39 Å². The lowest BCUT2D eigenvalue weighted by Crippen LogP contribution is -2.25. The van der Waals surface area contributed by atoms with E-state index in [0.29, 0.717) is 12.5 Å². The van der Waals surface area contributed by atoms with Gasteiger partial charge in [0.15, 0.2) is 6.29 Å². The zero-order chi connectivity index (χ0) is 18.6. The lowest BCUT2D eigenvalue weighted by atomic mass is 9.96. The van der Waals surface area contributed by atoms with Gasteiger partial charge in [0.2, 0.25) is 0 Å². The lowest BCUT2D eigenvalue weighted by molar-refractivity contribution is -0.140. The number of nitriles is 1.